The smallest absolute Gasteiger partial charge is 0.323 e. The molecule has 5 N–H and O–H groups in total. The lowest BCUT2D eigenvalue weighted by Gasteiger charge is -2.01. The second kappa shape index (κ2) is 5.75. The van der Waals surface area contributed by atoms with Gasteiger partial charge in [-0.3, -0.25) is 10.1 Å². The third kappa shape index (κ3) is 3.16. The zero-order valence-corrected chi connectivity index (χ0v) is 11.1. The predicted octanol–water partition coefficient (Wildman–Crippen LogP) is 0.259. The van der Waals surface area contributed by atoms with E-state index in [4.69, 9.17) is 11.0 Å². The van der Waals surface area contributed by atoms with Gasteiger partial charge in [-0.15, -0.1) is 0 Å². The number of ketones is 1. The number of hydrogen-bond donors (Lipinski definition) is 4. The molecule has 8 heteroatoms. The number of guanidine groups is 1. The largest absolute Gasteiger partial charge is 0.369 e. The summed E-state index contributed by atoms with van der Waals surface area (Å²) in [4.78, 5) is 32.2. The van der Waals surface area contributed by atoms with E-state index >= 15 is 0 Å². The number of nitrogens with zero attached hydrogens (tertiary/aromatic N) is 2. The van der Waals surface area contributed by atoms with Crippen molar-refractivity contribution >= 4 is 17.4 Å². The minimum atomic E-state index is -0.424. The van der Waals surface area contributed by atoms with Crippen LogP contribution in [0.3, 0.4) is 0 Å². The number of imidazole rings is 1. The quantitative estimate of drug-likeness (QED) is 0.210. The standard InChI is InChI=1S/C13H12N6O2/c1-7-10(19-13(21)17-7)11(20)8-2-4-9(5-3-8)18-12(15)16-6-14/h2-5H,1H3,(H3,15,16,18)(H2,17,19,21). The number of aromatic amines is 2. The van der Waals surface area contributed by atoms with Gasteiger partial charge in [-0.1, -0.05) is 0 Å². The van der Waals surface area contributed by atoms with Crippen LogP contribution in [0.25, 0.3) is 0 Å². The molecule has 106 valence electrons. The first-order chi connectivity index (χ1) is 10.0. The van der Waals surface area contributed by atoms with E-state index in [0.29, 0.717) is 16.9 Å². The second-order valence-electron chi connectivity index (χ2n) is 4.19. The fourth-order valence-electron chi connectivity index (χ4n) is 1.75. The van der Waals surface area contributed by atoms with Gasteiger partial charge in [-0.25, -0.2) is 9.79 Å². The van der Waals surface area contributed by atoms with Gasteiger partial charge in [-0.05, 0) is 31.2 Å². The highest BCUT2D eigenvalue weighted by Gasteiger charge is 2.14. The Labute approximate surface area is 119 Å². The predicted molar refractivity (Wildman–Crippen MR) is 76.1 cm³/mol. The van der Waals surface area contributed by atoms with E-state index < -0.39 is 5.69 Å². The van der Waals surface area contributed by atoms with E-state index in [9.17, 15) is 9.59 Å². The third-order valence-electron chi connectivity index (χ3n) is 2.70. The fourth-order valence-corrected chi connectivity index (χ4v) is 1.75. The number of aliphatic imine (C=N–C) groups is 1. The molecule has 2 aromatic rings. The van der Waals surface area contributed by atoms with Gasteiger partial charge in [0.05, 0.1) is 5.69 Å². The van der Waals surface area contributed by atoms with Crippen LogP contribution in [-0.2, 0) is 0 Å². The van der Waals surface area contributed by atoms with E-state index in [1.807, 2.05) is 0 Å². The van der Waals surface area contributed by atoms with Crippen LogP contribution in [0.1, 0.15) is 21.7 Å². The van der Waals surface area contributed by atoms with Crippen LogP contribution in [0.2, 0.25) is 0 Å². The Kier molecular flexibility index (Phi) is 3.85. The first kappa shape index (κ1) is 14.1. The minimum absolute atomic E-state index is 0.0395. The maximum atomic E-state index is 12.2. The maximum Gasteiger partial charge on any atom is 0.323 e. The summed E-state index contributed by atoms with van der Waals surface area (Å²) in [6, 6.07) is 6.29. The minimum Gasteiger partial charge on any atom is -0.369 e. The average Bonchev–Trinajstić information content (AvgIpc) is 2.78. The highest BCUT2D eigenvalue weighted by atomic mass is 16.1. The summed E-state index contributed by atoms with van der Waals surface area (Å²) < 4.78 is 0. The van der Waals surface area contributed by atoms with Gasteiger partial charge in [0.2, 0.25) is 11.7 Å². The molecule has 0 atom stereocenters. The molecule has 0 aliphatic rings. The van der Waals surface area contributed by atoms with Crippen LogP contribution in [-0.4, -0.2) is 21.7 Å². The summed E-state index contributed by atoms with van der Waals surface area (Å²) in [6.45, 7) is 1.64. The van der Waals surface area contributed by atoms with Gasteiger partial charge in [-0.2, -0.15) is 5.26 Å². The Hall–Kier alpha value is -3.34. The highest BCUT2D eigenvalue weighted by Crippen LogP contribution is 2.15. The summed E-state index contributed by atoms with van der Waals surface area (Å²) in [5.74, 6) is -0.341. The number of nitrogens with two attached hydrogens (primary N) is 1. The molecule has 0 aliphatic heterocycles. The van der Waals surface area contributed by atoms with Crippen LogP contribution in [0.5, 0.6) is 0 Å². The van der Waals surface area contributed by atoms with Crippen molar-refractivity contribution in [3.8, 4) is 6.19 Å². The van der Waals surface area contributed by atoms with Gasteiger partial charge >= 0.3 is 5.69 Å². The number of aryl methyl sites for hydroxylation is 1. The Morgan fingerprint density at radius 1 is 1.33 bits per heavy atom. The van der Waals surface area contributed by atoms with Crippen LogP contribution in [0, 0.1) is 18.4 Å². The van der Waals surface area contributed by atoms with Crippen molar-refractivity contribution < 1.29 is 4.79 Å². The number of carbonyl (C=O) groups is 1. The molecule has 21 heavy (non-hydrogen) atoms. The summed E-state index contributed by atoms with van der Waals surface area (Å²) in [5.41, 5.74) is 6.61. The number of carbonyl (C=O) groups excluding carboxylic acids is 1. The van der Waals surface area contributed by atoms with E-state index in [-0.39, 0.29) is 17.4 Å². The van der Waals surface area contributed by atoms with Crippen molar-refractivity contribution in [3.05, 3.63) is 51.7 Å². The van der Waals surface area contributed by atoms with Gasteiger partial charge < -0.3 is 15.7 Å². The molecule has 0 saturated heterocycles. The van der Waals surface area contributed by atoms with Crippen LogP contribution in [0.15, 0.2) is 34.1 Å². The van der Waals surface area contributed by atoms with Crippen molar-refractivity contribution in [2.45, 2.75) is 6.92 Å². The van der Waals surface area contributed by atoms with E-state index in [0.717, 1.165) is 0 Å². The maximum absolute atomic E-state index is 12.2. The lowest BCUT2D eigenvalue weighted by atomic mass is 10.1. The van der Waals surface area contributed by atoms with Crippen LogP contribution in [0.4, 0.5) is 5.69 Å². The molecule has 0 aliphatic carbocycles. The first-order valence-corrected chi connectivity index (χ1v) is 5.94. The molecule has 0 fully saturated rings. The molecule has 0 bridgehead atoms. The van der Waals surface area contributed by atoms with E-state index in [1.54, 1.807) is 37.4 Å². The molecular weight excluding hydrogens is 272 g/mol. The normalized spacial score (nSPS) is 11.0. The Balaban J connectivity index is 2.25. The Morgan fingerprint density at radius 3 is 2.52 bits per heavy atom. The number of nitriles is 1. The molecule has 1 aromatic heterocycles. The summed E-state index contributed by atoms with van der Waals surface area (Å²) >= 11 is 0. The van der Waals surface area contributed by atoms with Crippen molar-refractivity contribution in [2.24, 2.45) is 10.7 Å². The lowest BCUT2D eigenvalue weighted by molar-refractivity contribution is 0.103. The fraction of sp³-hybridized carbons (Fsp3) is 0.0769. The zero-order valence-electron chi connectivity index (χ0n) is 11.1. The van der Waals surface area contributed by atoms with Crippen molar-refractivity contribution in [2.75, 3.05) is 0 Å². The Bertz CT molecular complexity index is 791. The van der Waals surface area contributed by atoms with Crippen molar-refractivity contribution in [1.29, 1.82) is 5.26 Å². The van der Waals surface area contributed by atoms with E-state index in [1.165, 1.54) is 0 Å². The molecule has 2 rings (SSSR count). The molecule has 1 aromatic carbocycles. The molecule has 0 amide bonds. The number of rotatable bonds is 3. The summed E-state index contributed by atoms with van der Waals surface area (Å²) in [7, 11) is 0. The molecular formula is C13H12N6O2. The number of benzene rings is 1. The summed E-state index contributed by atoms with van der Waals surface area (Å²) in [6.07, 6.45) is 1.65. The number of aromatic nitrogens is 2. The molecule has 0 saturated carbocycles. The highest BCUT2D eigenvalue weighted by molar-refractivity contribution is 6.08. The molecule has 0 spiro atoms. The van der Waals surface area contributed by atoms with Gasteiger partial charge in [0.1, 0.15) is 5.69 Å². The lowest BCUT2D eigenvalue weighted by Crippen LogP contribution is -2.26. The number of nitrogens with one attached hydrogen (secondary N) is 3. The monoisotopic (exact) mass is 284 g/mol. The summed E-state index contributed by atoms with van der Waals surface area (Å²) in [5, 5.41) is 10.6. The molecule has 0 unspecified atom stereocenters. The number of hydrogen-bond acceptors (Lipinski definition) is 4. The number of H-pyrrole nitrogens is 2. The molecule has 0 radical (unpaired) electrons. The van der Waals surface area contributed by atoms with Crippen LogP contribution < -0.4 is 16.7 Å². The van der Waals surface area contributed by atoms with Crippen molar-refractivity contribution in [3.63, 3.8) is 0 Å². The van der Waals surface area contributed by atoms with Gasteiger partial charge in [0.15, 0.2) is 6.19 Å². The first-order valence-electron chi connectivity index (χ1n) is 5.94. The van der Waals surface area contributed by atoms with Gasteiger partial charge in [0.25, 0.3) is 0 Å². The van der Waals surface area contributed by atoms with Crippen molar-refractivity contribution in [1.82, 2.24) is 15.3 Å². The SMILES string of the molecule is Cc1[nH]c(=O)[nH]c1C(=O)c1ccc(N=C(N)NC#N)cc1. The van der Waals surface area contributed by atoms with Crippen LogP contribution >= 0.6 is 0 Å². The zero-order chi connectivity index (χ0) is 15.4. The van der Waals surface area contributed by atoms with Gasteiger partial charge in [0, 0.05) is 11.3 Å². The second-order valence-corrected chi connectivity index (χ2v) is 4.19. The topological polar surface area (TPSA) is 140 Å². The molecule has 1 heterocycles. The van der Waals surface area contributed by atoms with E-state index in [2.05, 4.69) is 20.3 Å². The molecule has 8 nitrogen and oxygen atoms in total. The average molecular weight is 284 g/mol. The Morgan fingerprint density at radius 2 is 2.00 bits per heavy atom. The third-order valence-corrected chi connectivity index (χ3v) is 2.70.